The van der Waals surface area contributed by atoms with Crippen LogP contribution in [-0.4, -0.2) is 14.7 Å². The smallest absolute Gasteiger partial charge is 0.263 e. The summed E-state index contributed by atoms with van der Waals surface area (Å²) in [7, 11) is -3.87. The maximum atomic E-state index is 13.3. The number of para-hydroxylation sites is 1. The molecule has 0 aromatic heterocycles. The van der Waals surface area contributed by atoms with Gasteiger partial charge in [-0.25, -0.2) is 12.8 Å². The molecule has 112 valence electrons. The van der Waals surface area contributed by atoms with Crippen LogP contribution in [0.15, 0.2) is 50.7 Å². The van der Waals surface area contributed by atoms with E-state index in [-0.39, 0.29) is 15.1 Å². The van der Waals surface area contributed by atoms with Gasteiger partial charge in [-0.15, -0.1) is 11.8 Å². The van der Waals surface area contributed by atoms with Crippen molar-refractivity contribution in [2.45, 2.75) is 9.79 Å². The zero-order valence-electron chi connectivity index (χ0n) is 10.9. The van der Waals surface area contributed by atoms with Gasteiger partial charge < -0.3 is 5.73 Å². The molecule has 0 atom stereocenters. The molecule has 0 saturated carbocycles. The Morgan fingerprint density at radius 1 is 1.29 bits per heavy atom. The van der Waals surface area contributed by atoms with Crippen molar-refractivity contribution in [3.05, 3.63) is 46.7 Å². The van der Waals surface area contributed by atoms with E-state index in [0.29, 0.717) is 5.69 Å². The van der Waals surface area contributed by atoms with Gasteiger partial charge in [-0.2, -0.15) is 0 Å². The van der Waals surface area contributed by atoms with Crippen molar-refractivity contribution in [2.24, 2.45) is 0 Å². The topological polar surface area (TPSA) is 72.2 Å². The summed E-state index contributed by atoms with van der Waals surface area (Å²) in [4.78, 5) is 0.671. The summed E-state index contributed by atoms with van der Waals surface area (Å²) < 4.78 is 40.8. The molecule has 8 heteroatoms. The molecule has 0 spiro atoms. The molecule has 0 aliphatic rings. The number of halogens is 2. The van der Waals surface area contributed by atoms with E-state index < -0.39 is 15.8 Å². The van der Waals surface area contributed by atoms with Crippen molar-refractivity contribution < 1.29 is 12.8 Å². The second-order valence-electron chi connectivity index (χ2n) is 4.11. The highest BCUT2D eigenvalue weighted by molar-refractivity contribution is 9.10. The number of rotatable bonds is 4. The van der Waals surface area contributed by atoms with Gasteiger partial charge in [0.1, 0.15) is 10.7 Å². The number of nitrogens with one attached hydrogen (secondary N) is 1. The zero-order valence-corrected chi connectivity index (χ0v) is 14.1. The summed E-state index contributed by atoms with van der Waals surface area (Å²) in [6, 6.07) is 9.12. The number of hydrogen-bond donors (Lipinski definition) is 2. The van der Waals surface area contributed by atoms with E-state index >= 15 is 0 Å². The quantitative estimate of drug-likeness (QED) is 0.616. The van der Waals surface area contributed by atoms with E-state index in [1.165, 1.54) is 11.8 Å². The Labute approximate surface area is 135 Å². The van der Waals surface area contributed by atoms with Gasteiger partial charge in [0.15, 0.2) is 0 Å². The minimum atomic E-state index is -3.87. The van der Waals surface area contributed by atoms with Crippen LogP contribution in [0.4, 0.5) is 15.8 Å². The Morgan fingerprint density at radius 3 is 2.62 bits per heavy atom. The van der Waals surface area contributed by atoms with Gasteiger partial charge >= 0.3 is 0 Å². The number of nitrogens with two attached hydrogens (primary N) is 1. The van der Waals surface area contributed by atoms with E-state index in [1.807, 2.05) is 12.3 Å². The first-order chi connectivity index (χ1) is 9.85. The van der Waals surface area contributed by atoms with E-state index in [4.69, 9.17) is 5.73 Å². The molecule has 0 amide bonds. The Bertz CT molecular complexity index is 782. The molecule has 0 radical (unpaired) electrons. The van der Waals surface area contributed by atoms with Crippen LogP contribution in [0.1, 0.15) is 0 Å². The van der Waals surface area contributed by atoms with Crippen LogP contribution in [-0.2, 0) is 10.0 Å². The summed E-state index contributed by atoms with van der Waals surface area (Å²) in [6.07, 6.45) is 1.85. The van der Waals surface area contributed by atoms with Crippen LogP contribution < -0.4 is 10.5 Å². The van der Waals surface area contributed by atoms with Gasteiger partial charge in [-0.05, 0) is 46.5 Å². The third-order valence-electron chi connectivity index (χ3n) is 2.69. The predicted octanol–water partition coefficient (Wildman–Crippen LogP) is 3.69. The fourth-order valence-corrected chi connectivity index (χ4v) is 4.43. The normalized spacial score (nSPS) is 11.4. The SMILES string of the molecule is CSc1ccccc1NS(=O)(=O)c1cc(N)c(F)cc1Br. The fourth-order valence-electron chi connectivity index (χ4n) is 1.68. The first kappa shape index (κ1) is 16.1. The van der Waals surface area contributed by atoms with Crippen molar-refractivity contribution in [1.29, 1.82) is 0 Å². The molecular formula is C13H12BrFN2O2S2. The maximum Gasteiger partial charge on any atom is 0.263 e. The lowest BCUT2D eigenvalue weighted by molar-refractivity contribution is 0.599. The third-order valence-corrected chi connectivity index (χ3v) is 5.81. The van der Waals surface area contributed by atoms with Gasteiger partial charge in [0, 0.05) is 9.37 Å². The van der Waals surface area contributed by atoms with Crippen LogP contribution in [0.25, 0.3) is 0 Å². The first-order valence-corrected chi connectivity index (χ1v) is 9.25. The molecule has 2 rings (SSSR count). The predicted molar refractivity (Wildman–Crippen MR) is 87.5 cm³/mol. The fraction of sp³-hybridized carbons (Fsp3) is 0.0769. The molecule has 2 aromatic carbocycles. The van der Waals surface area contributed by atoms with Gasteiger partial charge in [-0.3, -0.25) is 4.72 Å². The number of thioether (sulfide) groups is 1. The van der Waals surface area contributed by atoms with E-state index in [2.05, 4.69) is 20.7 Å². The van der Waals surface area contributed by atoms with Crippen LogP contribution in [0.2, 0.25) is 0 Å². The minimum Gasteiger partial charge on any atom is -0.396 e. The lowest BCUT2D eigenvalue weighted by Gasteiger charge is -2.13. The Balaban J connectivity index is 2.46. The van der Waals surface area contributed by atoms with Gasteiger partial charge in [0.25, 0.3) is 10.0 Å². The summed E-state index contributed by atoms with van der Waals surface area (Å²) in [6.45, 7) is 0. The van der Waals surface area contributed by atoms with Gasteiger partial charge in [0.2, 0.25) is 0 Å². The summed E-state index contributed by atoms with van der Waals surface area (Å²) in [5.41, 5.74) is 5.68. The van der Waals surface area contributed by atoms with Crippen molar-refractivity contribution in [1.82, 2.24) is 0 Å². The van der Waals surface area contributed by atoms with E-state index in [0.717, 1.165) is 17.0 Å². The van der Waals surface area contributed by atoms with Crippen LogP contribution in [0.5, 0.6) is 0 Å². The lowest BCUT2D eigenvalue weighted by Crippen LogP contribution is -2.15. The standard InChI is InChI=1S/C13H12BrFN2O2S2/c1-20-12-5-3-2-4-11(12)17-21(18,19)13-7-10(16)9(15)6-8(13)14/h2-7,17H,16H2,1H3. The largest absolute Gasteiger partial charge is 0.396 e. The van der Waals surface area contributed by atoms with Crippen molar-refractivity contribution in [3.63, 3.8) is 0 Å². The Hall–Kier alpha value is -1.25. The summed E-state index contributed by atoms with van der Waals surface area (Å²) in [5, 5.41) is 0. The molecule has 21 heavy (non-hydrogen) atoms. The van der Waals surface area contributed by atoms with Crippen molar-refractivity contribution in [2.75, 3.05) is 16.7 Å². The number of benzene rings is 2. The van der Waals surface area contributed by atoms with Crippen LogP contribution in [0, 0.1) is 5.82 Å². The third kappa shape index (κ3) is 3.50. The van der Waals surface area contributed by atoms with Crippen LogP contribution in [0.3, 0.4) is 0 Å². The lowest BCUT2D eigenvalue weighted by atomic mass is 10.3. The molecule has 2 aromatic rings. The molecule has 0 fully saturated rings. The van der Waals surface area contributed by atoms with E-state index in [1.54, 1.807) is 18.2 Å². The molecule has 0 bridgehead atoms. The molecule has 3 N–H and O–H groups in total. The maximum absolute atomic E-state index is 13.3. The number of anilines is 2. The van der Waals surface area contributed by atoms with Gasteiger partial charge in [0.05, 0.1) is 11.4 Å². The average Bonchev–Trinajstić information content (AvgIpc) is 2.43. The highest BCUT2D eigenvalue weighted by Crippen LogP contribution is 2.31. The van der Waals surface area contributed by atoms with E-state index in [9.17, 15) is 12.8 Å². The molecule has 0 saturated heterocycles. The average molecular weight is 391 g/mol. The molecule has 4 nitrogen and oxygen atoms in total. The summed E-state index contributed by atoms with van der Waals surface area (Å²) in [5.74, 6) is -0.676. The van der Waals surface area contributed by atoms with Gasteiger partial charge in [-0.1, -0.05) is 12.1 Å². The Morgan fingerprint density at radius 2 is 1.95 bits per heavy atom. The summed E-state index contributed by atoms with van der Waals surface area (Å²) >= 11 is 4.46. The molecule has 0 unspecified atom stereocenters. The molecule has 0 aliphatic carbocycles. The monoisotopic (exact) mass is 390 g/mol. The minimum absolute atomic E-state index is 0.114. The molecular weight excluding hydrogens is 379 g/mol. The number of nitrogen functional groups attached to an aromatic ring is 1. The van der Waals surface area contributed by atoms with Crippen molar-refractivity contribution >= 4 is 49.1 Å². The second kappa shape index (κ2) is 6.25. The molecule has 0 heterocycles. The van der Waals surface area contributed by atoms with Crippen LogP contribution >= 0.6 is 27.7 Å². The highest BCUT2D eigenvalue weighted by atomic mass is 79.9. The highest BCUT2D eigenvalue weighted by Gasteiger charge is 2.21. The number of sulfonamides is 1. The molecule has 0 aliphatic heterocycles. The Kier molecular flexibility index (Phi) is 4.80. The van der Waals surface area contributed by atoms with Crippen molar-refractivity contribution in [3.8, 4) is 0 Å². The second-order valence-corrected chi connectivity index (χ2v) is 7.46. The first-order valence-electron chi connectivity index (χ1n) is 5.75. The number of hydrogen-bond acceptors (Lipinski definition) is 4. The zero-order chi connectivity index (χ0) is 15.6.